The number of amides is 1. The molecule has 1 aromatic heterocycles. The number of furan rings is 1. The Morgan fingerprint density at radius 3 is 2.77 bits per heavy atom. The summed E-state index contributed by atoms with van der Waals surface area (Å²) in [5, 5.41) is 22.4. The molecule has 0 saturated carbocycles. The van der Waals surface area contributed by atoms with E-state index >= 15 is 0 Å². The molecule has 22 heavy (non-hydrogen) atoms. The van der Waals surface area contributed by atoms with Crippen LogP contribution in [0.15, 0.2) is 22.8 Å². The summed E-state index contributed by atoms with van der Waals surface area (Å²) in [7, 11) is -1.69. The van der Waals surface area contributed by atoms with E-state index < -0.39 is 18.3 Å². The second-order valence-corrected chi connectivity index (χ2v) is 6.40. The van der Waals surface area contributed by atoms with Gasteiger partial charge in [-0.15, -0.1) is 0 Å². The number of thiol groups is 1. The second-order valence-electron chi connectivity index (χ2n) is 5.22. The van der Waals surface area contributed by atoms with E-state index in [2.05, 4.69) is 17.9 Å². The summed E-state index contributed by atoms with van der Waals surface area (Å²) < 4.78 is 5.52. The van der Waals surface area contributed by atoms with Crippen LogP contribution in [0.2, 0.25) is 5.02 Å². The maximum absolute atomic E-state index is 11.7. The number of benzene rings is 1. The lowest BCUT2D eigenvalue weighted by atomic mass is 9.76. The highest BCUT2D eigenvalue weighted by molar-refractivity contribution is 7.81. The molecular formula is C14H17BClNO4S. The molecule has 0 bridgehead atoms. The molecule has 2 atom stereocenters. The fourth-order valence-electron chi connectivity index (χ4n) is 2.20. The number of fused-ring (bicyclic) bond motifs is 1. The molecule has 118 valence electrons. The summed E-state index contributed by atoms with van der Waals surface area (Å²) in [6.45, 7) is 3.46. The lowest BCUT2D eigenvalue weighted by Crippen LogP contribution is -2.49. The first-order chi connectivity index (χ1) is 10.3. The molecule has 0 aliphatic rings. The molecule has 2 aromatic rings. The molecule has 1 amide bonds. The summed E-state index contributed by atoms with van der Waals surface area (Å²) in [5.74, 6) is -1.22. The van der Waals surface area contributed by atoms with Crippen LogP contribution < -0.4 is 5.32 Å². The van der Waals surface area contributed by atoms with E-state index in [-0.39, 0.29) is 12.3 Å². The van der Waals surface area contributed by atoms with Crippen LogP contribution in [0, 0.1) is 6.92 Å². The van der Waals surface area contributed by atoms with E-state index in [0.29, 0.717) is 10.6 Å². The van der Waals surface area contributed by atoms with Gasteiger partial charge in [0.2, 0.25) is 5.91 Å². The summed E-state index contributed by atoms with van der Waals surface area (Å²) in [4.78, 5) is 11.7. The van der Waals surface area contributed by atoms with Gasteiger partial charge in [0.25, 0.3) is 0 Å². The Balaban J connectivity index is 2.27. The van der Waals surface area contributed by atoms with Crippen LogP contribution in [0.25, 0.3) is 11.0 Å². The molecule has 1 unspecified atom stereocenters. The smallest absolute Gasteiger partial charge is 0.464 e. The van der Waals surface area contributed by atoms with Gasteiger partial charge in [0, 0.05) is 16.0 Å². The van der Waals surface area contributed by atoms with Gasteiger partial charge in [-0.05, 0) is 38.0 Å². The fourth-order valence-corrected chi connectivity index (χ4v) is 2.42. The average Bonchev–Trinajstić information content (AvgIpc) is 2.85. The maximum Gasteiger partial charge on any atom is 0.475 e. The molecule has 8 heteroatoms. The Labute approximate surface area is 139 Å². The van der Waals surface area contributed by atoms with E-state index in [1.165, 1.54) is 0 Å². The normalized spacial score (nSPS) is 13.9. The van der Waals surface area contributed by atoms with Crippen LogP contribution in [-0.4, -0.2) is 34.3 Å². The van der Waals surface area contributed by atoms with Crippen molar-refractivity contribution < 1.29 is 19.3 Å². The third-order valence-electron chi connectivity index (χ3n) is 3.51. The molecule has 2 rings (SSSR count). The van der Waals surface area contributed by atoms with Crippen molar-refractivity contribution in [1.82, 2.24) is 5.32 Å². The monoisotopic (exact) mass is 341 g/mol. The molecule has 0 radical (unpaired) electrons. The highest BCUT2D eigenvalue weighted by Crippen LogP contribution is 2.29. The summed E-state index contributed by atoms with van der Waals surface area (Å²) >= 11 is 10.1. The maximum atomic E-state index is 11.7. The van der Waals surface area contributed by atoms with Gasteiger partial charge >= 0.3 is 7.12 Å². The van der Waals surface area contributed by atoms with Gasteiger partial charge in [0.15, 0.2) is 0 Å². The first kappa shape index (κ1) is 17.2. The zero-order valence-corrected chi connectivity index (χ0v) is 13.9. The highest BCUT2D eigenvalue weighted by Gasteiger charge is 2.28. The van der Waals surface area contributed by atoms with Crippen molar-refractivity contribution in [3.8, 4) is 0 Å². The van der Waals surface area contributed by atoms with Crippen LogP contribution in [0.3, 0.4) is 0 Å². The predicted octanol–water partition coefficient (Wildman–Crippen LogP) is 1.75. The van der Waals surface area contributed by atoms with Crippen molar-refractivity contribution in [1.29, 1.82) is 0 Å². The van der Waals surface area contributed by atoms with Gasteiger partial charge in [0.1, 0.15) is 5.58 Å². The van der Waals surface area contributed by atoms with Gasteiger partial charge in [-0.25, -0.2) is 0 Å². The Morgan fingerprint density at radius 1 is 1.50 bits per heavy atom. The summed E-state index contributed by atoms with van der Waals surface area (Å²) in [5.41, 5.74) is 2.24. The van der Waals surface area contributed by atoms with Crippen LogP contribution in [-0.2, 0) is 11.2 Å². The standard InChI is InChI=1S/C14H17BClNO4S/c1-7-11(16)4-3-10-9(6-21-13(7)10)5-12(15(19)20)17-14(18)8(2)22/h3-4,6,8,12,19-20,22H,5H2,1-2H3,(H,17,18)/t8?,12-/m0/s1. The number of halogens is 1. The van der Waals surface area contributed by atoms with Crippen LogP contribution in [0.1, 0.15) is 18.1 Å². The Hall–Kier alpha value is -1.15. The van der Waals surface area contributed by atoms with Gasteiger partial charge in [0.05, 0.1) is 17.5 Å². The van der Waals surface area contributed by atoms with Gasteiger partial charge in [-0.3, -0.25) is 4.79 Å². The number of nitrogens with one attached hydrogen (secondary N) is 1. The van der Waals surface area contributed by atoms with Gasteiger partial charge in [-0.2, -0.15) is 12.6 Å². The van der Waals surface area contributed by atoms with Crippen molar-refractivity contribution in [2.24, 2.45) is 0 Å². The minimum atomic E-state index is -1.69. The second kappa shape index (κ2) is 6.96. The number of carbonyl (C=O) groups is 1. The zero-order chi connectivity index (χ0) is 16.4. The van der Waals surface area contributed by atoms with E-state index in [4.69, 9.17) is 16.0 Å². The third-order valence-corrected chi connectivity index (χ3v) is 4.16. The van der Waals surface area contributed by atoms with E-state index in [1.54, 1.807) is 19.3 Å². The molecule has 0 spiro atoms. The summed E-state index contributed by atoms with van der Waals surface area (Å²) in [6.07, 6.45) is 1.76. The Bertz CT molecular complexity index is 689. The highest BCUT2D eigenvalue weighted by atomic mass is 35.5. The molecule has 0 fully saturated rings. The number of hydrogen-bond donors (Lipinski definition) is 4. The van der Waals surface area contributed by atoms with Crippen molar-refractivity contribution in [2.75, 3.05) is 0 Å². The number of rotatable bonds is 5. The molecule has 1 heterocycles. The topological polar surface area (TPSA) is 82.7 Å². The number of aryl methyl sites for hydroxylation is 1. The molecule has 1 aromatic carbocycles. The van der Waals surface area contributed by atoms with Crippen molar-refractivity contribution in [3.63, 3.8) is 0 Å². The molecule has 0 aliphatic carbocycles. The first-order valence-corrected chi connectivity index (χ1v) is 7.70. The van der Waals surface area contributed by atoms with Crippen molar-refractivity contribution in [3.05, 3.63) is 34.5 Å². The predicted molar refractivity (Wildman–Crippen MR) is 90.2 cm³/mol. The lowest BCUT2D eigenvalue weighted by molar-refractivity contribution is -0.120. The Kier molecular flexibility index (Phi) is 5.44. The molecule has 0 aliphatic heterocycles. The van der Waals surface area contributed by atoms with E-state index in [0.717, 1.165) is 16.5 Å². The first-order valence-electron chi connectivity index (χ1n) is 6.81. The van der Waals surface area contributed by atoms with Gasteiger partial charge in [-0.1, -0.05) is 11.6 Å². The van der Waals surface area contributed by atoms with E-state index in [1.807, 2.05) is 13.0 Å². The number of hydrogen-bond acceptors (Lipinski definition) is 5. The van der Waals surface area contributed by atoms with E-state index in [9.17, 15) is 14.8 Å². The minimum Gasteiger partial charge on any atom is -0.464 e. The molecule has 5 nitrogen and oxygen atoms in total. The Morgan fingerprint density at radius 2 is 2.18 bits per heavy atom. The SMILES string of the molecule is Cc1c(Cl)ccc2c(C[C@H](NC(=O)C(C)S)B(O)O)coc12. The quantitative estimate of drug-likeness (QED) is 0.493. The molecule has 3 N–H and O–H groups in total. The molecular weight excluding hydrogens is 324 g/mol. The molecule has 0 saturated heterocycles. The summed E-state index contributed by atoms with van der Waals surface area (Å²) in [6, 6.07) is 3.57. The average molecular weight is 342 g/mol. The number of carbonyl (C=O) groups excluding carboxylic acids is 1. The minimum absolute atomic E-state index is 0.220. The lowest BCUT2D eigenvalue weighted by Gasteiger charge is -2.18. The largest absolute Gasteiger partial charge is 0.475 e. The van der Waals surface area contributed by atoms with Gasteiger partial charge < -0.3 is 19.8 Å². The van der Waals surface area contributed by atoms with Crippen LogP contribution in [0.5, 0.6) is 0 Å². The van der Waals surface area contributed by atoms with Crippen LogP contribution >= 0.6 is 24.2 Å². The van der Waals surface area contributed by atoms with Crippen molar-refractivity contribution >= 4 is 48.2 Å². The third kappa shape index (κ3) is 3.60. The van der Waals surface area contributed by atoms with Crippen LogP contribution in [0.4, 0.5) is 0 Å². The fraction of sp³-hybridized carbons (Fsp3) is 0.357. The van der Waals surface area contributed by atoms with Crippen molar-refractivity contribution in [2.45, 2.75) is 31.5 Å². The zero-order valence-electron chi connectivity index (χ0n) is 12.2.